The number of fused-ring (bicyclic) bond motifs is 1. The monoisotopic (exact) mass is 482 g/mol. The lowest BCUT2D eigenvalue weighted by atomic mass is 10.1. The van der Waals surface area contributed by atoms with Gasteiger partial charge in [-0.05, 0) is 75.0 Å². The molecule has 2 amide bonds. The first kappa shape index (κ1) is 22.3. The van der Waals surface area contributed by atoms with Crippen molar-refractivity contribution in [3.05, 3.63) is 52.5 Å². The summed E-state index contributed by atoms with van der Waals surface area (Å²) in [4.78, 5) is 32.5. The average Bonchev–Trinajstić information content (AvgIpc) is 3.45. The van der Waals surface area contributed by atoms with E-state index in [1.54, 1.807) is 18.2 Å². The summed E-state index contributed by atoms with van der Waals surface area (Å²) in [5, 5.41) is 6.98. The number of para-hydroxylation sites is 1. The molecule has 6 nitrogen and oxygen atoms in total. The minimum Gasteiger partial charge on any atom is -0.320 e. The molecule has 2 aromatic carbocycles. The van der Waals surface area contributed by atoms with Gasteiger partial charge in [0.1, 0.15) is 0 Å². The molecule has 2 N–H and O–H groups in total. The van der Waals surface area contributed by atoms with Crippen LogP contribution in [0.3, 0.4) is 0 Å². The first-order valence-corrected chi connectivity index (χ1v) is 12.7. The first-order valence-electron chi connectivity index (χ1n) is 11.5. The van der Waals surface area contributed by atoms with Crippen molar-refractivity contribution < 1.29 is 9.59 Å². The van der Waals surface area contributed by atoms with Gasteiger partial charge in [0.05, 0.1) is 20.9 Å². The molecule has 1 unspecified atom stereocenters. The standard InChI is InChI=1S/C25H27ClN4O2S/c1-15-6-5-7-19(26)22(15)28-23(31)16-8-9-20-21(13-16)33-25(27-20)29-24(32)18-12-17(18)14-30-10-3-2-4-11-30/h5-9,13,17-18H,2-4,10-12,14H2,1H3,(H,28,31)(H,27,29,32)/t17-,18?/m0/s1. The lowest BCUT2D eigenvalue weighted by molar-refractivity contribution is -0.117. The molecule has 1 aromatic heterocycles. The van der Waals surface area contributed by atoms with Crippen LogP contribution < -0.4 is 10.6 Å². The Morgan fingerprint density at radius 2 is 1.97 bits per heavy atom. The quantitative estimate of drug-likeness (QED) is 0.481. The molecule has 0 bridgehead atoms. The number of carbonyl (C=O) groups is 2. The number of aryl methyl sites for hydroxylation is 1. The fourth-order valence-corrected chi connectivity index (χ4v) is 5.71. The Morgan fingerprint density at radius 1 is 1.15 bits per heavy atom. The summed E-state index contributed by atoms with van der Waals surface area (Å²) >= 11 is 7.63. The van der Waals surface area contributed by atoms with E-state index in [9.17, 15) is 9.59 Å². The second-order valence-electron chi connectivity index (χ2n) is 9.04. The van der Waals surface area contributed by atoms with Crippen molar-refractivity contribution in [3.8, 4) is 0 Å². The van der Waals surface area contributed by atoms with Crippen LogP contribution in [0.5, 0.6) is 0 Å². The number of nitrogens with zero attached hydrogens (tertiary/aromatic N) is 2. The number of piperidine rings is 1. The first-order chi connectivity index (χ1) is 16.0. The molecule has 0 spiro atoms. The molecule has 1 saturated carbocycles. The van der Waals surface area contributed by atoms with Crippen molar-refractivity contribution in [2.75, 3.05) is 30.3 Å². The highest BCUT2D eigenvalue weighted by Gasteiger charge is 2.43. The summed E-state index contributed by atoms with van der Waals surface area (Å²) in [5.74, 6) is 0.369. The molecular weight excluding hydrogens is 456 g/mol. The highest BCUT2D eigenvalue weighted by atomic mass is 35.5. The lowest BCUT2D eigenvalue weighted by Crippen LogP contribution is -2.32. The highest BCUT2D eigenvalue weighted by Crippen LogP contribution is 2.41. The van der Waals surface area contributed by atoms with Gasteiger partial charge in [-0.3, -0.25) is 9.59 Å². The van der Waals surface area contributed by atoms with Crippen molar-refractivity contribution in [2.45, 2.75) is 32.6 Å². The number of hydrogen-bond acceptors (Lipinski definition) is 5. The van der Waals surface area contributed by atoms with E-state index in [0.717, 1.165) is 41.8 Å². The molecule has 0 radical (unpaired) electrons. The topological polar surface area (TPSA) is 74.3 Å². The maximum absolute atomic E-state index is 12.8. The van der Waals surface area contributed by atoms with Crippen LogP contribution in [-0.4, -0.2) is 41.3 Å². The van der Waals surface area contributed by atoms with E-state index >= 15 is 0 Å². The van der Waals surface area contributed by atoms with Crippen LogP contribution in [0.1, 0.15) is 41.6 Å². The molecule has 8 heteroatoms. The van der Waals surface area contributed by atoms with Crippen molar-refractivity contribution in [1.29, 1.82) is 0 Å². The SMILES string of the molecule is Cc1cccc(Cl)c1NC(=O)c1ccc2nc(NC(=O)C3C[C@H]3CN3CCCCC3)sc2c1. The van der Waals surface area contributed by atoms with E-state index in [1.165, 1.54) is 30.6 Å². The molecule has 33 heavy (non-hydrogen) atoms. The summed E-state index contributed by atoms with van der Waals surface area (Å²) in [6, 6.07) is 10.9. The Morgan fingerprint density at radius 3 is 2.76 bits per heavy atom. The second-order valence-corrected chi connectivity index (χ2v) is 10.5. The number of likely N-dealkylation sites (tertiary alicyclic amines) is 1. The number of thiazole rings is 1. The number of rotatable bonds is 6. The van der Waals surface area contributed by atoms with Crippen molar-refractivity contribution in [3.63, 3.8) is 0 Å². The van der Waals surface area contributed by atoms with Crippen LogP contribution >= 0.6 is 22.9 Å². The van der Waals surface area contributed by atoms with E-state index in [0.29, 0.717) is 27.3 Å². The maximum Gasteiger partial charge on any atom is 0.255 e. The second kappa shape index (κ2) is 9.41. The number of anilines is 2. The number of aromatic nitrogens is 1. The van der Waals surface area contributed by atoms with Crippen LogP contribution in [0.15, 0.2) is 36.4 Å². The van der Waals surface area contributed by atoms with Gasteiger partial charge in [-0.15, -0.1) is 0 Å². The van der Waals surface area contributed by atoms with Gasteiger partial charge in [0.25, 0.3) is 5.91 Å². The minimum absolute atomic E-state index is 0.0585. The summed E-state index contributed by atoms with van der Waals surface area (Å²) in [7, 11) is 0. The smallest absolute Gasteiger partial charge is 0.255 e. The molecule has 1 saturated heterocycles. The fraction of sp³-hybridized carbons (Fsp3) is 0.400. The van der Waals surface area contributed by atoms with Crippen LogP contribution in [0.25, 0.3) is 10.2 Å². The van der Waals surface area contributed by atoms with Crippen molar-refractivity contribution in [2.24, 2.45) is 11.8 Å². The van der Waals surface area contributed by atoms with Gasteiger partial charge >= 0.3 is 0 Å². The van der Waals surface area contributed by atoms with E-state index in [2.05, 4.69) is 20.5 Å². The Kier molecular flexibility index (Phi) is 6.36. The number of amides is 2. The fourth-order valence-electron chi connectivity index (χ4n) is 4.54. The van der Waals surface area contributed by atoms with Crippen molar-refractivity contribution >= 4 is 55.8 Å². The average molecular weight is 483 g/mol. The van der Waals surface area contributed by atoms with Gasteiger partial charge in [-0.25, -0.2) is 4.98 Å². The molecule has 2 fully saturated rings. The Bertz CT molecular complexity index is 1180. The van der Waals surface area contributed by atoms with E-state index < -0.39 is 0 Å². The Labute approximate surface area is 202 Å². The zero-order valence-electron chi connectivity index (χ0n) is 18.6. The summed E-state index contributed by atoms with van der Waals surface area (Å²) in [6.45, 7) is 5.25. The minimum atomic E-state index is -0.231. The third-order valence-corrected chi connectivity index (χ3v) is 7.79. The normalized spacial score (nSPS) is 20.5. The number of halogens is 1. The van der Waals surface area contributed by atoms with Crippen LogP contribution in [0.2, 0.25) is 5.02 Å². The molecule has 3 aromatic rings. The van der Waals surface area contributed by atoms with Crippen molar-refractivity contribution in [1.82, 2.24) is 9.88 Å². The predicted octanol–water partition coefficient (Wildman–Crippen LogP) is 5.57. The molecule has 1 aliphatic heterocycles. The molecule has 1 aliphatic carbocycles. The Balaban J connectivity index is 1.22. The van der Waals surface area contributed by atoms with Gasteiger partial charge in [0.15, 0.2) is 5.13 Å². The number of nitrogens with one attached hydrogen (secondary N) is 2. The third-order valence-electron chi connectivity index (χ3n) is 6.54. The largest absolute Gasteiger partial charge is 0.320 e. The van der Waals surface area contributed by atoms with Gasteiger partial charge in [0, 0.05) is 18.0 Å². The number of benzene rings is 2. The molecular formula is C25H27ClN4O2S. The van der Waals surface area contributed by atoms with E-state index in [1.807, 2.05) is 25.1 Å². The Hall–Kier alpha value is -2.48. The maximum atomic E-state index is 12.8. The zero-order chi connectivity index (χ0) is 22.9. The van der Waals surface area contributed by atoms with Gasteiger partial charge < -0.3 is 15.5 Å². The molecule has 2 atom stereocenters. The zero-order valence-corrected chi connectivity index (χ0v) is 20.1. The summed E-state index contributed by atoms with van der Waals surface area (Å²) < 4.78 is 0.856. The van der Waals surface area contributed by atoms with Gasteiger partial charge in [0.2, 0.25) is 5.91 Å². The van der Waals surface area contributed by atoms with Crippen LogP contribution in [0.4, 0.5) is 10.8 Å². The van der Waals surface area contributed by atoms with E-state index in [-0.39, 0.29) is 17.7 Å². The molecule has 5 rings (SSSR count). The third kappa shape index (κ3) is 5.05. The molecule has 172 valence electrons. The van der Waals surface area contributed by atoms with E-state index in [4.69, 9.17) is 11.6 Å². The summed E-state index contributed by atoms with van der Waals surface area (Å²) in [5.41, 5.74) is 2.80. The van der Waals surface area contributed by atoms with Crippen LogP contribution in [-0.2, 0) is 4.79 Å². The number of carbonyl (C=O) groups excluding carboxylic acids is 2. The molecule has 2 heterocycles. The van der Waals surface area contributed by atoms with Crippen LogP contribution in [0, 0.1) is 18.8 Å². The highest BCUT2D eigenvalue weighted by molar-refractivity contribution is 7.22. The summed E-state index contributed by atoms with van der Waals surface area (Å²) in [6.07, 6.45) is 4.82. The molecule has 2 aliphatic rings. The van der Waals surface area contributed by atoms with Gasteiger partial charge in [-0.1, -0.05) is 41.5 Å². The predicted molar refractivity (Wildman–Crippen MR) is 134 cm³/mol. The number of hydrogen-bond donors (Lipinski definition) is 2. The lowest BCUT2D eigenvalue weighted by Gasteiger charge is -2.26. The van der Waals surface area contributed by atoms with Gasteiger partial charge in [-0.2, -0.15) is 0 Å².